The van der Waals surface area contributed by atoms with Crippen LogP contribution < -0.4 is 9.47 Å². The molecule has 0 saturated heterocycles. The molecule has 0 saturated carbocycles. The molecule has 0 atom stereocenters. The lowest BCUT2D eigenvalue weighted by Crippen LogP contribution is -2.11. The van der Waals surface area contributed by atoms with Crippen LogP contribution in [0, 0.1) is 0 Å². The second-order valence-electron chi connectivity index (χ2n) is 4.81. The summed E-state index contributed by atoms with van der Waals surface area (Å²) in [6.45, 7) is 3.80. The maximum Gasteiger partial charge on any atom is 0.311 e. The largest absolute Gasteiger partial charge is 0.422 e. The van der Waals surface area contributed by atoms with Crippen LogP contribution in [0.4, 0.5) is 0 Å². The van der Waals surface area contributed by atoms with Gasteiger partial charge in [-0.1, -0.05) is 13.8 Å². The Balaban J connectivity index is 2.30. The Bertz CT molecular complexity index is 591. The standard InChI is InChI=1S/C16H19NO4/c1-3-5-15(18)20-13-9-11-7-8-17-12(11)10-14(13)21-16(19)6-4-2/h7-10,17H,3-6H2,1-2H3. The van der Waals surface area contributed by atoms with Crippen molar-refractivity contribution in [2.24, 2.45) is 0 Å². The highest BCUT2D eigenvalue weighted by molar-refractivity contribution is 5.86. The second kappa shape index (κ2) is 6.92. The predicted molar refractivity (Wildman–Crippen MR) is 79.4 cm³/mol. The number of fused-ring (bicyclic) bond motifs is 1. The number of hydrogen-bond donors (Lipinski definition) is 1. The first-order chi connectivity index (χ1) is 10.1. The highest BCUT2D eigenvalue weighted by Crippen LogP contribution is 2.33. The molecule has 0 aliphatic rings. The molecule has 0 radical (unpaired) electrons. The second-order valence-corrected chi connectivity index (χ2v) is 4.81. The van der Waals surface area contributed by atoms with Crippen LogP contribution in [-0.2, 0) is 9.59 Å². The lowest BCUT2D eigenvalue weighted by molar-refractivity contribution is -0.137. The van der Waals surface area contributed by atoms with Crippen LogP contribution in [-0.4, -0.2) is 16.9 Å². The fourth-order valence-corrected chi connectivity index (χ4v) is 1.97. The third-order valence-electron chi connectivity index (χ3n) is 2.97. The summed E-state index contributed by atoms with van der Waals surface area (Å²) in [5, 5.41) is 0.893. The molecule has 0 aliphatic carbocycles. The van der Waals surface area contributed by atoms with E-state index in [-0.39, 0.29) is 23.4 Å². The van der Waals surface area contributed by atoms with Gasteiger partial charge in [0.1, 0.15) is 0 Å². The summed E-state index contributed by atoms with van der Waals surface area (Å²) in [5.41, 5.74) is 0.824. The van der Waals surface area contributed by atoms with Crippen molar-refractivity contribution >= 4 is 22.8 Å². The summed E-state index contributed by atoms with van der Waals surface area (Å²) < 4.78 is 10.6. The summed E-state index contributed by atoms with van der Waals surface area (Å²) in [7, 11) is 0. The number of H-pyrrole nitrogens is 1. The van der Waals surface area contributed by atoms with Crippen molar-refractivity contribution in [1.29, 1.82) is 0 Å². The van der Waals surface area contributed by atoms with Crippen LogP contribution in [0.25, 0.3) is 10.9 Å². The third-order valence-corrected chi connectivity index (χ3v) is 2.97. The first-order valence-electron chi connectivity index (χ1n) is 7.16. The lowest BCUT2D eigenvalue weighted by Gasteiger charge is -2.10. The number of hydrogen-bond acceptors (Lipinski definition) is 4. The molecule has 112 valence electrons. The zero-order chi connectivity index (χ0) is 15.2. The van der Waals surface area contributed by atoms with Gasteiger partial charge in [-0.3, -0.25) is 9.59 Å². The van der Waals surface area contributed by atoms with Crippen LogP contribution in [0.3, 0.4) is 0 Å². The van der Waals surface area contributed by atoms with Crippen molar-refractivity contribution < 1.29 is 19.1 Å². The average Bonchev–Trinajstić information content (AvgIpc) is 2.86. The molecule has 2 aromatic rings. The molecular formula is C16H19NO4. The molecule has 0 amide bonds. The van der Waals surface area contributed by atoms with Crippen LogP contribution >= 0.6 is 0 Å². The molecule has 5 nitrogen and oxygen atoms in total. The van der Waals surface area contributed by atoms with E-state index in [0.717, 1.165) is 10.9 Å². The zero-order valence-corrected chi connectivity index (χ0v) is 12.3. The number of aromatic amines is 1. The highest BCUT2D eigenvalue weighted by atomic mass is 16.6. The number of esters is 2. The number of ether oxygens (including phenoxy) is 2. The highest BCUT2D eigenvalue weighted by Gasteiger charge is 2.15. The van der Waals surface area contributed by atoms with Gasteiger partial charge in [0.25, 0.3) is 0 Å². The summed E-state index contributed by atoms with van der Waals surface area (Å²) >= 11 is 0. The molecule has 0 spiro atoms. The van der Waals surface area contributed by atoms with Crippen LogP contribution in [0.5, 0.6) is 11.5 Å². The number of rotatable bonds is 6. The minimum atomic E-state index is -0.337. The Morgan fingerprint density at radius 3 is 2.14 bits per heavy atom. The lowest BCUT2D eigenvalue weighted by atomic mass is 10.2. The van der Waals surface area contributed by atoms with E-state index in [9.17, 15) is 9.59 Å². The Labute approximate surface area is 123 Å². The van der Waals surface area contributed by atoms with Gasteiger partial charge in [0, 0.05) is 36.0 Å². The van der Waals surface area contributed by atoms with Crippen molar-refractivity contribution in [3.63, 3.8) is 0 Å². The van der Waals surface area contributed by atoms with Crippen molar-refractivity contribution in [3.05, 3.63) is 24.4 Å². The van der Waals surface area contributed by atoms with Gasteiger partial charge in [0.05, 0.1) is 0 Å². The van der Waals surface area contributed by atoms with E-state index in [2.05, 4.69) is 4.98 Å². The first-order valence-corrected chi connectivity index (χ1v) is 7.16. The van der Waals surface area contributed by atoms with Gasteiger partial charge in [0.2, 0.25) is 0 Å². The summed E-state index contributed by atoms with van der Waals surface area (Å²) in [6.07, 6.45) is 3.84. The van der Waals surface area contributed by atoms with Crippen molar-refractivity contribution in [1.82, 2.24) is 4.98 Å². The van der Waals surface area contributed by atoms with Gasteiger partial charge in [-0.2, -0.15) is 0 Å². The zero-order valence-electron chi connectivity index (χ0n) is 12.3. The normalized spacial score (nSPS) is 10.6. The Kier molecular flexibility index (Phi) is 4.98. The quantitative estimate of drug-likeness (QED) is 0.652. The van der Waals surface area contributed by atoms with Gasteiger partial charge >= 0.3 is 11.9 Å². The smallest absolute Gasteiger partial charge is 0.311 e. The van der Waals surface area contributed by atoms with E-state index in [0.29, 0.717) is 25.7 Å². The number of carbonyl (C=O) groups is 2. The van der Waals surface area contributed by atoms with Gasteiger partial charge in [-0.05, 0) is 25.0 Å². The molecule has 1 heterocycles. The maximum atomic E-state index is 11.7. The molecular weight excluding hydrogens is 270 g/mol. The van der Waals surface area contributed by atoms with Gasteiger partial charge in [0.15, 0.2) is 11.5 Å². The van der Waals surface area contributed by atoms with E-state index < -0.39 is 0 Å². The average molecular weight is 289 g/mol. The van der Waals surface area contributed by atoms with E-state index in [4.69, 9.17) is 9.47 Å². The number of aromatic nitrogens is 1. The summed E-state index contributed by atoms with van der Waals surface area (Å²) in [6, 6.07) is 5.25. The molecule has 2 rings (SSSR count). The Morgan fingerprint density at radius 2 is 1.57 bits per heavy atom. The van der Waals surface area contributed by atoms with Crippen LogP contribution in [0.2, 0.25) is 0 Å². The van der Waals surface area contributed by atoms with Crippen molar-refractivity contribution in [2.75, 3.05) is 0 Å². The minimum absolute atomic E-state index is 0.271. The van der Waals surface area contributed by atoms with Gasteiger partial charge < -0.3 is 14.5 Å². The third kappa shape index (κ3) is 3.84. The van der Waals surface area contributed by atoms with E-state index >= 15 is 0 Å². The van der Waals surface area contributed by atoms with Crippen molar-refractivity contribution in [3.8, 4) is 11.5 Å². The monoisotopic (exact) mass is 289 g/mol. The first kappa shape index (κ1) is 15.1. The van der Waals surface area contributed by atoms with Gasteiger partial charge in [-0.25, -0.2) is 0 Å². The molecule has 1 aromatic heterocycles. The molecule has 1 aromatic carbocycles. The van der Waals surface area contributed by atoms with E-state index in [1.165, 1.54) is 0 Å². The minimum Gasteiger partial charge on any atom is -0.422 e. The topological polar surface area (TPSA) is 68.4 Å². The fraction of sp³-hybridized carbons (Fsp3) is 0.375. The number of carbonyl (C=O) groups excluding carboxylic acids is 2. The van der Waals surface area contributed by atoms with E-state index in [1.54, 1.807) is 18.3 Å². The SMILES string of the molecule is CCCC(=O)Oc1cc2cc[nH]c2cc1OC(=O)CCC. The summed E-state index contributed by atoms with van der Waals surface area (Å²) in [5.74, 6) is -0.116. The Morgan fingerprint density at radius 1 is 1.00 bits per heavy atom. The van der Waals surface area contributed by atoms with Crippen molar-refractivity contribution in [2.45, 2.75) is 39.5 Å². The van der Waals surface area contributed by atoms with Crippen LogP contribution in [0.15, 0.2) is 24.4 Å². The molecule has 0 unspecified atom stereocenters. The molecule has 0 aliphatic heterocycles. The molecule has 0 fully saturated rings. The fourth-order valence-electron chi connectivity index (χ4n) is 1.97. The Hall–Kier alpha value is -2.30. The van der Waals surface area contributed by atoms with E-state index in [1.807, 2.05) is 19.9 Å². The summed E-state index contributed by atoms with van der Waals surface area (Å²) in [4.78, 5) is 26.4. The van der Waals surface area contributed by atoms with Crippen LogP contribution in [0.1, 0.15) is 39.5 Å². The predicted octanol–water partition coefficient (Wildman–Crippen LogP) is 3.58. The molecule has 21 heavy (non-hydrogen) atoms. The van der Waals surface area contributed by atoms with Gasteiger partial charge in [-0.15, -0.1) is 0 Å². The number of nitrogens with one attached hydrogen (secondary N) is 1. The maximum absolute atomic E-state index is 11.7. The molecule has 5 heteroatoms. The molecule has 0 bridgehead atoms. The number of benzene rings is 1. The molecule has 1 N–H and O–H groups in total.